The molecule has 1 aliphatic rings. The second kappa shape index (κ2) is 4.72. The Hall–Kier alpha value is -1.66. The molecule has 0 saturated carbocycles. The third-order valence-electron chi connectivity index (χ3n) is 2.27. The summed E-state index contributed by atoms with van der Waals surface area (Å²) < 4.78 is 4.47. The molecule has 0 aromatic heterocycles. The van der Waals surface area contributed by atoms with Crippen LogP contribution in [-0.4, -0.2) is 36.5 Å². The summed E-state index contributed by atoms with van der Waals surface area (Å²) in [5.41, 5.74) is 0. The summed E-state index contributed by atoms with van der Waals surface area (Å²) in [5, 5.41) is 12.7. The maximum absolute atomic E-state index is 11.1. The molecule has 1 N–H and O–H groups in total. The fourth-order valence-corrected chi connectivity index (χ4v) is 1.64. The number of nitrogens with one attached hydrogen (secondary N) is 1. The van der Waals surface area contributed by atoms with Crippen molar-refractivity contribution in [2.24, 2.45) is 5.92 Å². The highest BCUT2D eigenvalue weighted by Gasteiger charge is 2.33. The third kappa shape index (κ3) is 3.19. The highest BCUT2D eigenvalue weighted by molar-refractivity contribution is 5.85. The molecule has 0 bridgehead atoms. The van der Waals surface area contributed by atoms with Crippen LogP contribution in [0, 0.1) is 16.0 Å². The van der Waals surface area contributed by atoms with Gasteiger partial charge in [-0.15, -0.1) is 0 Å². The van der Waals surface area contributed by atoms with Crippen molar-refractivity contribution in [3.8, 4) is 0 Å². The second-order valence-corrected chi connectivity index (χ2v) is 3.46. The predicted molar refractivity (Wildman–Crippen MR) is 48.5 cm³/mol. The number of carbonyl (C=O) groups excluding carboxylic acids is 2. The SMILES string of the molecule is COC(=O)[C@@H]1C[C@@H](C[N+](=O)[O-])CC(=O)N1. The van der Waals surface area contributed by atoms with Crippen LogP contribution in [-0.2, 0) is 14.3 Å². The van der Waals surface area contributed by atoms with E-state index in [9.17, 15) is 19.7 Å². The third-order valence-corrected chi connectivity index (χ3v) is 2.27. The van der Waals surface area contributed by atoms with Crippen LogP contribution in [0.2, 0.25) is 0 Å². The van der Waals surface area contributed by atoms with Crippen LogP contribution in [0.4, 0.5) is 0 Å². The number of piperidine rings is 1. The second-order valence-electron chi connectivity index (χ2n) is 3.46. The number of amides is 1. The van der Waals surface area contributed by atoms with Crippen molar-refractivity contribution in [2.75, 3.05) is 13.7 Å². The van der Waals surface area contributed by atoms with Crippen molar-refractivity contribution >= 4 is 11.9 Å². The molecule has 7 heteroatoms. The average molecular weight is 216 g/mol. The lowest BCUT2D eigenvalue weighted by Gasteiger charge is -2.25. The monoisotopic (exact) mass is 216 g/mol. The summed E-state index contributed by atoms with van der Waals surface area (Å²) in [6, 6.07) is -0.749. The van der Waals surface area contributed by atoms with Gasteiger partial charge in [-0.3, -0.25) is 14.9 Å². The molecular weight excluding hydrogens is 204 g/mol. The van der Waals surface area contributed by atoms with Crippen molar-refractivity contribution in [3.05, 3.63) is 10.1 Å². The first kappa shape index (κ1) is 11.4. The van der Waals surface area contributed by atoms with Crippen LogP contribution in [0.3, 0.4) is 0 Å². The molecule has 1 saturated heterocycles. The number of hydrogen-bond acceptors (Lipinski definition) is 5. The summed E-state index contributed by atoms with van der Waals surface area (Å²) >= 11 is 0. The predicted octanol–water partition coefficient (Wildman–Crippen LogP) is -0.669. The normalized spacial score (nSPS) is 25.5. The average Bonchev–Trinajstić information content (AvgIpc) is 2.14. The van der Waals surface area contributed by atoms with Gasteiger partial charge in [0.2, 0.25) is 12.5 Å². The summed E-state index contributed by atoms with van der Waals surface area (Å²) in [6.45, 7) is -0.291. The van der Waals surface area contributed by atoms with Crippen LogP contribution >= 0.6 is 0 Å². The molecule has 7 nitrogen and oxygen atoms in total. The van der Waals surface area contributed by atoms with E-state index in [1.54, 1.807) is 0 Å². The molecule has 1 aliphatic heterocycles. The Labute approximate surface area is 85.9 Å². The number of ether oxygens (including phenoxy) is 1. The van der Waals surface area contributed by atoms with E-state index in [1.165, 1.54) is 7.11 Å². The van der Waals surface area contributed by atoms with Gasteiger partial charge in [-0.25, -0.2) is 4.79 Å². The van der Waals surface area contributed by atoms with Gasteiger partial charge >= 0.3 is 5.97 Å². The summed E-state index contributed by atoms with van der Waals surface area (Å²) in [6.07, 6.45) is 0.355. The Morgan fingerprint density at radius 1 is 1.73 bits per heavy atom. The quantitative estimate of drug-likeness (QED) is 0.383. The molecule has 1 rings (SSSR count). The van der Waals surface area contributed by atoms with E-state index >= 15 is 0 Å². The largest absolute Gasteiger partial charge is 0.467 e. The summed E-state index contributed by atoms with van der Waals surface area (Å²) in [7, 11) is 1.21. The van der Waals surface area contributed by atoms with Crippen LogP contribution in [0.1, 0.15) is 12.8 Å². The van der Waals surface area contributed by atoms with Crippen LogP contribution in [0.15, 0.2) is 0 Å². The topological polar surface area (TPSA) is 98.5 Å². The van der Waals surface area contributed by atoms with E-state index in [4.69, 9.17) is 0 Å². The van der Waals surface area contributed by atoms with Crippen LogP contribution in [0.5, 0.6) is 0 Å². The zero-order valence-corrected chi connectivity index (χ0v) is 8.26. The fourth-order valence-electron chi connectivity index (χ4n) is 1.64. The first-order valence-electron chi connectivity index (χ1n) is 4.52. The van der Waals surface area contributed by atoms with E-state index in [2.05, 4.69) is 10.1 Å². The zero-order chi connectivity index (χ0) is 11.4. The number of nitrogens with zero attached hydrogens (tertiary/aromatic N) is 1. The highest BCUT2D eigenvalue weighted by atomic mass is 16.6. The Balaban J connectivity index is 2.59. The Morgan fingerprint density at radius 3 is 2.93 bits per heavy atom. The number of nitro groups is 1. The lowest BCUT2D eigenvalue weighted by Crippen LogP contribution is -2.48. The smallest absolute Gasteiger partial charge is 0.328 e. The molecular formula is C8H12N2O5. The maximum Gasteiger partial charge on any atom is 0.328 e. The molecule has 15 heavy (non-hydrogen) atoms. The molecule has 0 spiro atoms. The van der Waals surface area contributed by atoms with Gasteiger partial charge in [0.25, 0.3) is 0 Å². The van der Waals surface area contributed by atoms with Crippen molar-refractivity contribution in [2.45, 2.75) is 18.9 Å². The first-order chi connectivity index (χ1) is 7.02. The molecule has 1 fully saturated rings. The molecule has 0 radical (unpaired) electrons. The zero-order valence-electron chi connectivity index (χ0n) is 8.26. The van der Waals surface area contributed by atoms with Gasteiger partial charge in [0.1, 0.15) is 6.04 Å². The Kier molecular flexibility index (Phi) is 3.59. The number of carbonyl (C=O) groups is 2. The highest BCUT2D eigenvalue weighted by Crippen LogP contribution is 2.17. The summed E-state index contributed by atoms with van der Waals surface area (Å²) in [4.78, 5) is 32.1. The minimum Gasteiger partial charge on any atom is -0.467 e. The number of rotatable bonds is 3. The van der Waals surface area contributed by atoms with Crippen molar-refractivity contribution < 1.29 is 19.2 Å². The number of hydrogen-bond donors (Lipinski definition) is 1. The fraction of sp³-hybridized carbons (Fsp3) is 0.750. The molecule has 84 valence electrons. The van der Waals surface area contributed by atoms with E-state index in [1.807, 2.05) is 0 Å². The molecule has 1 amide bonds. The summed E-state index contributed by atoms with van der Waals surface area (Å²) in [5.74, 6) is -1.29. The van der Waals surface area contributed by atoms with E-state index in [0.29, 0.717) is 0 Å². The van der Waals surface area contributed by atoms with E-state index in [0.717, 1.165) is 0 Å². The van der Waals surface area contributed by atoms with Gasteiger partial charge in [0, 0.05) is 17.3 Å². The van der Waals surface area contributed by atoms with E-state index in [-0.39, 0.29) is 25.3 Å². The Bertz CT molecular complexity index is 289. The number of methoxy groups -OCH3 is 1. The molecule has 1 heterocycles. The van der Waals surface area contributed by atoms with Gasteiger partial charge < -0.3 is 10.1 Å². The lowest BCUT2D eigenvalue weighted by atomic mass is 9.92. The van der Waals surface area contributed by atoms with Crippen molar-refractivity contribution in [1.82, 2.24) is 5.32 Å². The minimum atomic E-state index is -0.749. The van der Waals surface area contributed by atoms with Gasteiger partial charge in [0.05, 0.1) is 7.11 Å². The van der Waals surface area contributed by atoms with Gasteiger partial charge in [-0.2, -0.15) is 0 Å². The molecule has 0 aromatic carbocycles. The van der Waals surface area contributed by atoms with Crippen LogP contribution in [0.25, 0.3) is 0 Å². The van der Waals surface area contributed by atoms with Crippen molar-refractivity contribution in [3.63, 3.8) is 0 Å². The number of esters is 1. The lowest BCUT2D eigenvalue weighted by molar-refractivity contribution is -0.488. The minimum absolute atomic E-state index is 0.0917. The maximum atomic E-state index is 11.1. The standard InChI is InChI=1S/C8H12N2O5/c1-15-8(12)6-2-5(4-10(13)14)3-7(11)9-6/h5-6H,2-4H2,1H3,(H,9,11)/t5-,6+/m1/s1. The molecule has 2 atom stereocenters. The first-order valence-corrected chi connectivity index (χ1v) is 4.52. The van der Waals surface area contributed by atoms with Gasteiger partial charge in [-0.05, 0) is 6.42 Å². The molecule has 0 unspecified atom stereocenters. The van der Waals surface area contributed by atoms with Gasteiger partial charge in [-0.1, -0.05) is 0 Å². The van der Waals surface area contributed by atoms with E-state index < -0.39 is 22.9 Å². The molecule has 0 aromatic rings. The van der Waals surface area contributed by atoms with Crippen LogP contribution < -0.4 is 5.32 Å². The van der Waals surface area contributed by atoms with Crippen molar-refractivity contribution in [1.29, 1.82) is 0 Å². The molecule has 0 aliphatic carbocycles. The Morgan fingerprint density at radius 2 is 2.40 bits per heavy atom. The van der Waals surface area contributed by atoms with Gasteiger partial charge in [0.15, 0.2) is 0 Å².